The highest BCUT2D eigenvalue weighted by Crippen LogP contribution is 2.31. The quantitative estimate of drug-likeness (QED) is 0.324. The Morgan fingerprint density at radius 2 is 1.43 bits per heavy atom. The number of hydrogen-bond donors (Lipinski definition) is 2. The Labute approximate surface area is 200 Å². The predicted octanol–water partition coefficient (Wildman–Crippen LogP) is 2.66. The van der Waals surface area contributed by atoms with E-state index in [4.69, 9.17) is 4.74 Å². The summed E-state index contributed by atoms with van der Waals surface area (Å²) in [6.45, 7) is 1.09. The van der Waals surface area contributed by atoms with E-state index in [0.717, 1.165) is 10.5 Å². The van der Waals surface area contributed by atoms with Gasteiger partial charge in [-0.3, -0.25) is 34.9 Å². The zero-order chi connectivity index (χ0) is 24.9. The first-order chi connectivity index (χ1) is 16.9. The van der Waals surface area contributed by atoms with Gasteiger partial charge in [-0.1, -0.05) is 48.5 Å². The Bertz CT molecular complexity index is 1310. The SMILES string of the molecule is C[C@@H](c1ccccc1)N1C(=O)c2ccc(C(=O)OCC(=O)NNC(=O)c3ccccc3)cc2C1=O. The largest absolute Gasteiger partial charge is 0.452 e. The van der Waals surface area contributed by atoms with E-state index in [1.165, 1.54) is 18.2 Å². The number of hydrogen-bond acceptors (Lipinski definition) is 6. The van der Waals surface area contributed by atoms with Crippen molar-refractivity contribution in [2.75, 3.05) is 6.61 Å². The van der Waals surface area contributed by atoms with Crippen LogP contribution in [-0.2, 0) is 9.53 Å². The molecule has 4 rings (SSSR count). The lowest BCUT2D eigenvalue weighted by Gasteiger charge is -2.22. The van der Waals surface area contributed by atoms with Crippen molar-refractivity contribution >= 4 is 29.6 Å². The molecule has 0 aromatic heterocycles. The zero-order valence-corrected chi connectivity index (χ0v) is 18.7. The number of nitrogens with one attached hydrogen (secondary N) is 2. The van der Waals surface area contributed by atoms with Gasteiger partial charge in [-0.2, -0.15) is 0 Å². The lowest BCUT2D eigenvalue weighted by atomic mass is 10.1. The van der Waals surface area contributed by atoms with Crippen LogP contribution in [-0.4, -0.2) is 41.1 Å². The summed E-state index contributed by atoms with van der Waals surface area (Å²) >= 11 is 0. The molecular weight excluding hydrogens is 450 g/mol. The van der Waals surface area contributed by atoms with Crippen LogP contribution in [0.15, 0.2) is 78.9 Å². The average Bonchev–Trinajstić information content (AvgIpc) is 3.15. The molecule has 9 heteroatoms. The molecule has 3 aromatic carbocycles. The van der Waals surface area contributed by atoms with Crippen LogP contribution in [0.4, 0.5) is 0 Å². The minimum atomic E-state index is -0.854. The Morgan fingerprint density at radius 3 is 2.11 bits per heavy atom. The molecular formula is C26H21N3O6. The van der Waals surface area contributed by atoms with Crippen LogP contribution in [0.1, 0.15) is 60.0 Å². The zero-order valence-electron chi connectivity index (χ0n) is 18.7. The molecule has 1 heterocycles. The third-order valence-corrected chi connectivity index (χ3v) is 5.51. The number of amides is 4. The van der Waals surface area contributed by atoms with E-state index < -0.39 is 42.2 Å². The van der Waals surface area contributed by atoms with Gasteiger partial charge in [0.05, 0.1) is 22.7 Å². The van der Waals surface area contributed by atoms with Crippen LogP contribution >= 0.6 is 0 Å². The van der Waals surface area contributed by atoms with Crippen LogP contribution < -0.4 is 10.9 Å². The van der Waals surface area contributed by atoms with E-state index >= 15 is 0 Å². The summed E-state index contributed by atoms with van der Waals surface area (Å²) in [6, 6.07) is 20.9. The molecule has 0 saturated carbocycles. The summed E-state index contributed by atoms with van der Waals surface area (Å²) in [5.41, 5.74) is 5.81. The minimum absolute atomic E-state index is 0.0141. The van der Waals surface area contributed by atoms with Gasteiger partial charge in [0.15, 0.2) is 6.61 Å². The van der Waals surface area contributed by atoms with Crippen molar-refractivity contribution < 1.29 is 28.7 Å². The van der Waals surface area contributed by atoms with Gasteiger partial charge >= 0.3 is 5.97 Å². The maximum atomic E-state index is 13.0. The number of fused-ring (bicyclic) bond motifs is 1. The minimum Gasteiger partial charge on any atom is -0.452 e. The first-order valence-electron chi connectivity index (χ1n) is 10.7. The second kappa shape index (κ2) is 10.0. The summed E-state index contributed by atoms with van der Waals surface area (Å²) in [5, 5.41) is 0. The van der Waals surface area contributed by atoms with Gasteiger partial charge in [0, 0.05) is 5.56 Å². The molecule has 0 aliphatic carbocycles. The standard InChI is InChI=1S/C26H21N3O6/c1-16(17-8-4-2-5-9-17)29-24(32)20-13-12-19(14-21(20)25(29)33)26(34)35-15-22(30)27-28-23(31)18-10-6-3-7-11-18/h2-14,16H,15H2,1H3,(H,27,30)(H,28,31)/t16-/m0/s1. The molecule has 35 heavy (non-hydrogen) atoms. The molecule has 0 radical (unpaired) electrons. The lowest BCUT2D eigenvalue weighted by Crippen LogP contribution is -2.43. The summed E-state index contributed by atoms with van der Waals surface area (Å²) < 4.78 is 4.98. The molecule has 0 bridgehead atoms. The number of esters is 1. The van der Waals surface area contributed by atoms with E-state index in [0.29, 0.717) is 5.56 Å². The third-order valence-electron chi connectivity index (χ3n) is 5.51. The van der Waals surface area contributed by atoms with Crippen LogP contribution in [0.3, 0.4) is 0 Å². The summed E-state index contributed by atoms with van der Waals surface area (Å²) in [5.74, 6) is -3.10. The molecule has 1 aliphatic heterocycles. The van der Waals surface area contributed by atoms with Crippen molar-refractivity contribution in [3.63, 3.8) is 0 Å². The average molecular weight is 471 g/mol. The van der Waals surface area contributed by atoms with E-state index in [9.17, 15) is 24.0 Å². The second-order valence-electron chi connectivity index (χ2n) is 7.77. The predicted molar refractivity (Wildman–Crippen MR) is 124 cm³/mol. The van der Waals surface area contributed by atoms with E-state index in [1.807, 2.05) is 30.3 Å². The fraction of sp³-hybridized carbons (Fsp3) is 0.115. The molecule has 1 aliphatic rings. The highest BCUT2D eigenvalue weighted by Gasteiger charge is 2.39. The molecule has 0 saturated heterocycles. The molecule has 0 spiro atoms. The van der Waals surface area contributed by atoms with Crippen LogP contribution in [0, 0.1) is 0 Å². The normalized spacial score (nSPS) is 13.1. The van der Waals surface area contributed by atoms with Gasteiger partial charge < -0.3 is 4.74 Å². The van der Waals surface area contributed by atoms with Crippen LogP contribution in [0.5, 0.6) is 0 Å². The van der Waals surface area contributed by atoms with Crippen molar-refractivity contribution in [3.05, 3.63) is 107 Å². The van der Waals surface area contributed by atoms with Crippen molar-refractivity contribution in [2.24, 2.45) is 0 Å². The number of carbonyl (C=O) groups excluding carboxylic acids is 5. The summed E-state index contributed by atoms with van der Waals surface area (Å²) in [6.07, 6.45) is 0. The number of imide groups is 1. The molecule has 176 valence electrons. The second-order valence-corrected chi connectivity index (χ2v) is 7.77. The monoisotopic (exact) mass is 471 g/mol. The van der Waals surface area contributed by atoms with E-state index in [1.54, 1.807) is 37.3 Å². The van der Waals surface area contributed by atoms with Gasteiger partial charge in [0.25, 0.3) is 23.6 Å². The van der Waals surface area contributed by atoms with Crippen molar-refractivity contribution in [3.8, 4) is 0 Å². The Hall–Kier alpha value is -4.79. The number of benzene rings is 3. The number of nitrogens with zero attached hydrogens (tertiary/aromatic N) is 1. The first kappa shape index (κ1) is 23.4. The highest BCUT2D eigenvalue weighted by atomic mass is 16.5. The number of hydrazine groups is 1. The summed E-state index contributed by atoms with van der Waals surface area (Å²) in [4.78, 5) is 63.3. The van der Waals surface area contributed by atoms with Gasteiger partial charge in [0.2, 0.25) is 0 Å². The van der Waals surface area contributed by atoms with E-state index in [2.05, 4.69) is 10.9 Å². The van der Waals surface area contributed by atoms with Crippen LogP contribution in [0.25, 0.3) is 0 Å². The maximum Gasteiger partial charge on any atom is 0.338 e. The van der Waals surface area contributed by atoms with Gasteiger partial charge in [-0.05, 0) is 42.8 Å². The molecule has 9 nitrogen and oxygen atoms in total. The van der Waals surface area contributed by atoms with Crippen molar-refractivity contribution in [2.45, 2.75) is 13.0 Å². The lowest BCUT2D eigenvalue weighted by molar-refractivity contribution is -0.125. The third kappa shape index (κ3) is 4.93. The fourth-order valence-corrected chi connectivity index (χ4v) is 3.66. The number of ether oxygens (including phenoxy) is 1. The Kier molecular flexibility index (Phi) is 6.68. The highest BCUT2D eigenvalue weighted by molar-refractivity contribution is 6.22. The number of carbonyl (C=O) groups is 5. The van der Waals surface area contributed by atoms with Crippen LogP contribution in [0.2, 0.25) is 0 Å². The molecule has 0 fully saturated rings. The smallest absolute Gasteiger partial charge is 0.338 e. The molecule has 0 unspecified atom stereocenters. The van der Waals surface area contributed by atoms with E-state index in [-0.39, 0.29) is 16.7 Å². The summed E-state index contributed by atoms with van der Waals surface area (Å²) in [7, 11) is 0. The number of rotatable bonds is 6. The molecule has 1 atom stereocenters. The Balaban J connectivity index is 1.36. The molecule has 4 amide bonds. The first-order valence-corrected chi connectivity index (χ1v) is 10.7. The van der Waals surface area contributed by atoms with Crippen molar-refractivity contribution in [1.82, 2.24) is 15.8 Å². The van der Waals surface area contributed by atoms with Gasteiger partial charge in [0.1, 0.15) is 0 Å². The van der Waals surface area contributed by atoms with Gasteiger partial charge in [-0.15, -0.1) is 0 Å². The molecule has 2 N–H and O–H groups in total. The maximum absolute atomic E-state index is 13.0. The van der Waals surface area contributed by atoms with Crippen molar-refractivity contribution in [1.29, 1.82) is 0 Å². The van der Waals surface area contributed by atoms with Gasteiger partial charge in [-0.25, -0.2) is 4.79 Å². The topological polar surface area (TPSA) is 122 Å². The Morgan fingerprint density at radius 1 is 0.800 bits per heavy atom. The molecule has 3 aromatic rings. The fourth-order valence-electron chi connectivity index (χ4n) is 3.66.